The third kappa shape index (κ3) is 5.31. The number of hydrogen-bond donors (Lipinski definition) is 1. The Labute approximate surface area is 94.6 Å². The fraction of sp³-hybridized carbons (Fsp3) is 0.538. The first kappa shape index (κ1) is 16.3. The van der Waals surface area contributed by atoms with Gasteiger partial charge in [0.1, 0.15) is 5.75 Å². The van der Waals surface area contributed by atoms with E-state index < -0.39 is 0 Å². The number of anilines is 1. The molecule has 0 spiro atoms. The van der Waals surface area contributed by atoms with Crippen molar-refractivity contribution in [1.29, 1.82) is 0 Å². The van der Waals surface area contributed by atoms with Gasteiger partial charge in [-0.3, -0.25) is 0 Å². The highest BCUT2D eigenvalue weighted by molar-refractivity contribution is 5.61. The van der Waals surface area contributed by atoms with Crippen LogP contribution in [-0.4, -0.2) is 19.2 Å². The van der Waals surface area contributed by atoms with Crippen molar-refractivity contribution in [2.75, 3.05) is 19.0 Å². The Morgan fingerprint density at radius 3 is 1.73 bits per heavy atom. The highest BCUT2D eigenvalue weighted by Gasteiger charge is 2.04. The van der Waals surface area contributed by atoms with Crippen LogP contribution in [0.25, 0.3) is 0 Å². The largest absolute Gasteiger partial charge is 0.506 e. The van der Waals surface area contributed by atoms with Crippen LogP contribution in [0.2, 0.25) is 0 Å². The first-order valence-electron chi connectivity index (χ1n) is 5.59. The van der Waals surface area contributed by atoms with Crippen LogP contribution in [0, 0.1) is 6.92 Å². The van der Waals surface area contributed by atoms with Gasteiger partial charge in [0, 0.05) is 14.1 Å². The zero-order valence-corrected chi connectivity index (χ0v) is 11.1. The highest BCUT2D eigenvalue weighted by Crippen LogP contribution is 2.28. The van der Waals surface area contributed by atoms with Crippen molar-refractivity contribution >= 4 is 5.69 Å². The summed E-state index contributed by atoms with van der Waals surface area (Å²) in [6, 6.07) is 5.52. The van der Waals surface area contributed by atoms with Crippen LogP contribution in [-0.2, 0) is 0 Å². The molecule has 0 aliphatic heterocycles. The minimum atomic E-state index is 0.343. The summed E-state index contributed by atoms with van der Waals surface area (Å²) in [6.07, 6.45) is 0. The van der Waals surface area contributed by atoms with E-state index in [9.17, 15) is 5.11 Å². The molecule has 1 N–H and O–H groups in total. The summed E-state index contributed by atoms with van der Waals surface area (Å²) in [7, 11) is 3.84. The molecule has 1 rings (SSSR count). The van der Waals surface area contributed by atoms with E-state index in [4.69, 9.17) is 0 Å². The predicted molar refractivity (Wildman–Crippen MR) is 69.9 cm³/mol. The molecule has 0 amide bonds. The second-order valence-corrected chi connectivity index (χ2v) is 2.84. The maximum Gasteiger partial charge on any atom is 0.139 e. The van der Waals surface area contributed by atoms with Crippen LogP contribution >= 0.6 is 0 Å². The van der Waals surface area contributed by atoms with Crippen LogP contribution in [0.4, 0.5) is 5.69 Å². The second kappa shape index (κ2) is 9.38. The van der Waals surface area contributed by atoms with Crippen molar-refractivity contribution in [3.63, 3.8) is 0 Å². The van der Waals surface area contributed by atoms with E-state index in [1.54, 1.807) is 6.07 Å². The molecule has 0 aromatic heterocycles. The van der Waals surface area contributed by atoms with Gasteiger partial charge < -0.3 is 10.0 Å². The van der Waals surface area contributed by atoms with Crippen molar-refractivity contribution in [2.24, 2.45) is 0 Å². The Balaban J connectivity index is 0. The molecule has 0 saturated carbocycles. The summed E-state index contributed by atoms with van der Waals surface area (Å²) in [5, 5.41) is 9.42. The van der Waals surface area contributed by atoms with E-state index in [1.807, 2.05) is 65.7 Å². The van der Waals surface area contributed by atoms with Gasteiger partial charge in [-0.05, 0) is 18.6 Å². The molecule has 0 radical (unpaired) electrons. The summed E-state index contributed by atoms with van der Waals surface area (Å²) in [5.74, 6) is 0.343. The van der Waals surface area contributed by atoms with Crippen LogP contribution in [0.5, 0.6) is 5.75 Å². The quantitative estimate of drug-likeness (QED) is 0.763. The van der Waals surface area contributed by atoms with Crippen molar-refractivity contribution in [2.45, 2.75) is 34.6 Å². The van der Waals surface area contributed by atoms with E-state index >= 15 is 0 Å². The minimum Gasteiger partial charge on any atom is -0.506 e. The average Bonchev–Trinajstić information content (AvgIpc) is 2.23. The molecule has 15 heavy (non-hydrogen) atoms. The Morgan fingerprint density at radius 1 is 1.00 bits per heavy atom. The Bertz CT molecular complexity index is 236. The van der Waals surface area contributed by atoms with Crippen LogP contribution in [0.1, 0.15) is 33.3 Å². The fourth-order valence-electron chi connectivity index (χ4n) is 1.23. The van der Waals surface area contributed by atoms with Crippen molar-refractivity contribution in [3.05, 3.63) is 23.8 Å². The number of benzene rings is 1. The molecular weight excluding hydrogens is 186 g/mol. The number of nitrogens with zero attached hydrogens (tertiary/aromatic N) is 1. The van der Waals surface area contributed by atoms with Gasteiger partial charge in [0.05, 0.1) is 5.69 Å². The second-order valence-electron chi connectivity index (χ2n) is 2.84. The van der Waals surface area contributed by atoms with E-state index in [-0.39, 0.29) is 0 Å². The first-order valence-corrected chi connectivity index (χ1v) is 5.59. The molecule has 0 bridgehead atoms. The fourth-order valence-corrected chi connectivity index (χ4v) is 1.23. The number of phenolic OH excluding ortho intramolecular Hbond substituents is 1. The van der Waals surface area contributed by atoms with Gasteiger partial charge in [0.25, 0.3) is 0 Å². The summed E-state index contributed by atoms with van der Waals surface area (Å²) in [6.45, 7) is 9.98. The van der Waals surface area contributed by atoms with E-state index in [1.165, 1.54) is 0 Å². The van der Waals surface area contributed by atoms with Gasteiger partial charge in [-0.2, -0.15) is 0 Å². The molecule has 2 heteroatoms. The summed E-state index contributed by atoms with van der Waals surface area (Å²) in [5.41, 5.74) is 1.99. The number of hydrogen-bond acceptors (Lipinski definition) is 2. The topological polar surface area (TPSA) is 23.5 Å². The van der Waals surface area contributed by atoms with E-state index in [0.29, 0.717) is 5.75 Å². The maximum absolute atomic E-state index is 9.42. The normalized spacial score (nSPS) is 7.93. The lowest BCUT2D eigenvalue weighted by Gasteiger charge is -2.16. The van der Waals surface area contributed by atoms with Gasteiger partial charge in [-0.25, -0.2) is 0 Å². The third-order valence-corrected chi connectivity index (χ3v) is 1.66. The highest BCUT2D eigenvalue weighted by atomic mass is 16.3. The summed E-state index contributed by atoms with van der Waals surface area (Å²) >= 11 is 0. The Kier molecular flexibility index (Phi) is 10.2. The van der Waals surface area contributed by atoms with Gasteiger partial charge in [0.2, 0.25) is 0 Å². The van der Waals surface area contributed by atoms with Gasteiger partial charge in [0.15, 0.2) is 0 Å². The van der Waals surface area contributed by atoms with Crippen LogP contribution in [0.15, 0.2) is 18.2 Å². The molecule has 0 aliphatic rings. The molecule has 1 aromatic rings. The number of aryl methyl sites for hydroxylation is 1. The van der Waals surface area contributed by atoms with Crippen molar-refractivity contribution in [3.8, 4) is 5.75 Å². The molecule has 0 fully saturated rings. The van der Waals surface area contributed by atoms with Crippen molar-refractivity contribution in [1.82, 2.24) is 0 Å². The number of rotatable bonds is 1. The third-order valence-electron chi connectivity index (χ3n) is 1.66. The Hall–Kier alpha value is -1.18. The molecule has 1 aromatic carbocycles. The zero-order chi connectivity index (χ0) is 12.4. The summed E-state index contributed by atoms with van der Waals surface area (Å²) in [4.78, 5) is 1.91. The van der Waals surface area contributed by atoms with Gasteiger partial charge in [-0.1, -0.05) is 39.8 Å². The van der Waals surface area contributed by atoms with E-state index in [0.717, 1.165) is 11.3 Å². The monoisotopic (exact) mass is 211 g/mol. The molecule has 0 heterocycles. The van der Waals surface area contributed by atoms with E-state index in [2.05, 4.69) is 0 Å². The zero-order valence-electron chi connectivity index (χ0n) is 11.1. The SMILES string of the molecule is CC.CC.Cc1cccc(O)c1N(C)C. The number of para-hydroxylation sites is 1. The summed E-state index contributed by atoms with van der Waals surface area (Å²) < 4.78 is 0. The van der Waals surface area contributed by atoms with Gasteiger partial charge in [-0.15, -0.1) is 0 Å². The molecule has 0 saturated heterocycles. The minimum absolute atomic E-state index is 0.343. The molecular formula is C13H25NO. The molecule has 0 atom stereocenters. The maximum atomic E-state index is 9.42. The van der Waals surface area contributed by atoms with Crippen LogP contribution < -0.4 is 4.90 Å². The molecule has 0 aliphatic carbocycles. The molecule has 0 unspecified atom stereocenters. The lowest BCUT2D eigenvalue weighted by molar-refractivity contribution is 0.475. The number of phenols is 1. The lowest BCUT2D eigenvalue weighted by Crippen LogP contribution is -2.10. The average molecular weight is 211 g/mol. The lowest BCUT2D eigenvalue weighted by atomic mass is 10.2. The molecule has 88 valence electrons. The predicted octanol–water partition coefficient (Wildman–Crippen LogP) is 3.82. The first-order chi connectivity index (χ1) is 7.13. The van der Waals surface area contributed by atoms with Crippen LogP contribution in [0.3, 0.4) is 0 Å². The number of aromatic hydroxyl groups is 1. The standard InChI is InChI=1S/C9H13NO.2C2H6/c1-7-5-4-6-8(11)9(7)10(2)3;2*1-2/h4-6,11H,1-3H3;2*1-2H3. The van der Waals surface area contributed by atoms with Gasteiger partial charge >= 0.3 is 0 Å². The smallest absolute Gasteiger partial charge is 0.139 e. The Morgan fingerprint density at radius 2 is 1.47 bits per heavy atom. The molecule has 2 nitrogen and oxygen atoms in total. The van der Waals surface area contributed by atoms with Crippen molar-refractivity contribution < 1.29 is 5.11 Å².